The van der Waals surface area contributed by atoms with E-state index in [1.165, 1.54) is 0 Å². The van der Waals surface area contributed by atoms with Gasteiger partial charge in [-0.25, -0.2) is 4.98 Å². The highest BCUT2D eigenvalue weighted by atomic mass is 16.3. The van der Waals surface area contributed by atoms with E-state index < -0.39 is 0 Å². The van der Waals surface area contributed by atoms with Crippen molar-refractivity contribution in [3.8, 4) is 33.6 Å². The Morgan fingerprint density at radius 1 is 0.356 bits per heavy atom. The van der Waals surface area contributed by atoms with Crippen molar-refractivity contribution in [3.63, 3.8) is 0 Å². The van der Waals surface area contributed by atoms with Crippen LogP contribution in [-0.2, 0) is 0 Å². The van der Waals surface area contributed by atoms with Crippen LogP contribution in [-0.4, -0.2) is 15.0 Å². The van der Waals surface area contributed by atoms with Crippen LogP contribution in [0.25, 0.3) is 99.5 Å². The zero-order chi connectivity index (χ0) is 29.5. The molecule has 0 fully saturated rings. The fraction of sp³-hybridized carbons (Fsp3) is 0. The number of benzene rings is 4. The van der Waals surface area contributed by atoms with Gasteiger partial charge in [0.15, 0.2) is 0 Å². The van der Waals surface area contributed by atoms with Gasteiger partial charge in [0.25, 0.3) is 0 Å². The van der Waals surface area contributed by atoms with Gasteiger partial charge in [0.05, 0.1) is 11.4 Å². The lowest BCUT2D eigenvalue weighted by Crippen LogP contribution is -1.88. The average molecular weight is 580 g/mol. The Kier molecular flexibility index (Phi) is 4.90. The number of hydrogen-bond donors (Lipinski definition) is 0. The van der Waals surface area contributed by atoms with E-state index in [9.17, 15) is 0 Å². The zero-order valence-corrected chi connectivity index (χ0v) is 23.7. The van der Waals surface area contributed by atoms with Crippen LogP contribution in [0.3, 0.4) is 0 Å². The van der Waals surface area contributed by atoms with Gasteiger partial charge in [-0.05, 0) is 96.1 Å². The number of nitrogens with zero attached hydrogens (tertiary/aromatic N) is 3. The SMILES string of the molecule is c1cc(-c2ccc3oc4ccncc4c3c2)nc(-c2ccc3oc4ccc(-c5ccc6oc7ccncc7c6c5)cc4c3c2)c1. The third-order valence-electron chi connectivity index (χ3n) is 8.68. The molecule has 6 aromatic heterocycles. The molecule has 0 bridgehead atoms. The van der Waals surface area contributed by atoms with Gasteiger partial charge in [-0.3, -0.25) is 9.97 Å². The summed E-state index contributed by atoms with van der Waals surface area (Å²) in [6.07, 6.45) is 7.21. The Morgan fingerprint density at radius 3 is 1.20 bits per heavy atom. The molecule has 0 aliphatic rings. The van der Waals surface area contributed by atoms with Crippen LogP contribution in [0.4, 0.5) is 0 Å². The molecule has 6 heteroatoms. The van der Waals surface area contributed by atoms with E-state index in [4.69, 9.17) is 18.2 Å². The van der Waals surface area contributed by atoms with Crippen molar-refractivity contribution in [2.75, 3.05) is 0 Å². The molecule has 10 aromatic rings. The topological polar surface area (TPSA) is 78.1 Å². The van der Waals surface area contributed by atoms with Crippen LogP contribution < -0.4 is 0 Å². The molecule has 0 atom stereocenters. The normalized spacial score (nSPS) is 12.0. The second-order valence-corrected chi connectivity index (χ2v) is 11.3. The molecular weight excluding hydrogens is 558 g/mol. The molecule has 0 radical (unpaired) electrons. The third kappa shape index (κ3) is 3.72. The van der Waals surface area contributed by atoms with Crippen molar-refractivity contribution in [1.82, 2.24) is 15.0 Å². The molecule has 4 aromatic carbocycles. The highest BCUT2D eigenvalue weighted by Crippen LogP contribution is 2.37. The van der Waals surface area contributed by atoms with Crippen molar-refractivity contribution in [1.29, 1.82) is 0 Å². The lowest BCUT2D eigenvalue weighted by molar-refractivity contribution is 0.668. The molecular formula is C39H21N3O3. The number of furan rings is 3. The van der Waals surface area contributed by atoms with E-state index in [0.29, 0.717) is 0 Å². The summed E-state index contributed by atoms with van der Waals surface area (Å²) in [6, 6.07) is 35.1. The first-order valence-corrected chi connectivity index (χ1v) is 14.7. The van der Waals surface area contributed by atoms with Crippen molar-refractivity contribution in [3.05, 3.63) is 128 Å². The minimum Gasteiger partial charge on any atom is -0.456 e. The largest absolute Gasteiger partial charge is 0.456 e. The second-order valence-electron chi connectivity index (χ2n) is 11.3. The molecule has 0 N–H and O–H groups in total. The summed E-state index contributed by atoms with van der Waals surface area (Å²) in [6.45, 7) is 0. The Balaban J connectivity index is 1.07. The maximum atomic E-state index is 6.25. The van der Waals surface area contributed by atoms with Crippen molar-refractivity contribution in [2.45, 2.75) is 0 Å². The van der Waals surface area contributed by atoms with Crippen LogP contribution >= 0.6 is 0 Å². The summed E-state index contributed by atoms with van der Waals surface area (Å²) in [7, 11) is 0. The second kappa shape index (κ2) is 9.11. The van der Waals surface area contributed by atoms with E-state index in [2.05, 4.69) is 64.6 Å². The average Bonchev–Trinajstić information content (AvgIpc) is 3.78. The quantitative estimate of drug-likeness (QED) is 0.207. The Morgan fingerprint density at radius 2 is 0.733 bits per heavy atom. The number of fused-ring (bicyclic) bond motifs is 9. The fourth-order valence-corrected chi connectivity index (χ4v) is 6.45. The number of pyridine rings is 3. The fourth-order valence-electron chi connectivity index (χ4n) is 6.45. The lowest BCUT2D eigenvalue weighted by Gasteiger charge is -2.06. The molecule has 210 valence electrons. The molecule has 6 heterocycles. The standard InChI is InChI=1S/C39H21N3O3/c1-2-32(42-33(3-1)25-7-11-37-29(19-25)31-21-41-15-13-39(31)45-37)24-6-10-35-27(18-24)26-16-22(4-8-34(26)43-35)23-5-9-36-28(17-23)30-20-40-14-12-38(30)44-36/h1-21H. The zero-order valence-electron chi connectivity index (χ0n) is 23.7. The van der Waals surface area contributed by atoms with Crippen molar-refractivity contribution >= 4 is 65.8 Å². The number of rotatable bonds is 3. The van der Waals surface area contributed by atoms with Crippen molar-refractivity contribution < 1.29 is 13.3 Å². The molecule has 0 amide bonds. The van der Waals surface area contributed by atoms with Gasteiger partial charge in [0, 0.05) is 68.2 Å². The molecule has 0 saturated carbocycles. The first kappa shape index (κ1) is 24.2. The van der Waals surface area contributed by atoms with Crippen LogP contribution in [0.1, 0.15) is 0 Å². The molecule has 0 saturated heterocycles. The van der Waals surface area contributed by atoms with Crippen LogP contribution in [0.5, 0.6) is 0 Å². The van der Waals surface area contributed by atoms with Crippen LogP contribution in [0.2, 0.25) is 0 Å². The van der Waals surface area contributed by atoms with E-state index >= 15 is 0 Å². The van der Waals surface area contributed by atoms with Gasteiger partial charge in [0.2, 0.25) is 0 Å². The molecule has 0 aliphatic heterocycles. The maximum Gasteiger partial charge on any atom is 0.138 e. The summed E-state index contributed by atoms with van der Waals surface area (Å²) in [5.74, 6) is 0. The first-order valence-electron chi connectivity index (χ1n) is 14.7. The van der Waals surface area contributed by atoms with Crippen LogP contribution in [0.15, 0.2) is 141 Å². The lowest BCUT2D eigenvalue weighted by atomic mass is 10.00. The van der Waals surface area contributed by atoms with E-state index in [1.54, 1.807) is 12.4 Å². The maximum absolute atomic E-state index is 6.25. The van der Waals surface area contributed by atoms with E-state index in [-0.39, 0.29) is 0 Å². The first-order chi connectivity index (χ1) is 22.2. The highest BCUT2D eigenvalue weighted by Gasteiger charge is 2.14. The van der Waals surface area contributed by atoms with Gasteiger partial charge >= 0.3 is 0 Å². The molecule has 0 spiro atoms. The number of hydrogen-bond acceptors (Lipinski definition) is 6. The van der Waals surface area contributed by atoms with E-state index in [0.717, 1.165) is 99.5 Å². The molecule has 45 heavy (non-hydrogen) atoms. The van der Waals surface area contributed by atoms with Gasteiger partial charge in [-0.2, -0.15) is 0 Å². The monoisotopic (exact) mass is 579 g/mol. The Hall–Kier alpha value is -6.27. The summed E-state index contributed by atoms with van der Waals surface area (Å²) < 4.78 is 18.3. The Bertz CT molecular complexity index is 2790. The molecule has 10 rings (SSSR count). The Labute approximate surface area is 255 Å². The smallest absolute Gasteiger partial charge is 0.138 e. The minimum absolute atomic E-state index is 0.829. The minimum atomic E-state index is 0.829. The predicted molar refractivity (Wildman–Crippen MR) is 178 cm³/mol. The van der Waals surface area contributed by atoms with E-state index in [1.807, 2.05) is 60.9 Å². The third-order valence-corrected chi connectivity index (χ3v) is 8.68. The van der Waals surface area contributed by atoms with Crippen LogP contribution in [0, 0.1) is 0 Å². The summed E-state index contributed by atoms with van der Waals surface area (Å²) in [4.78, 5) is 13.7. The van der Waals surface area contributed by atoms with Gasteiger partial charge < -0.3 is 13.3 Å². The van der Waals surface area contributed by atoms with Crippen molar-refractivity contribution in [2.24, 2.45) is 0 Å². The molecule has 0 unspecified atom stereocenters. The van der Waals surface area contributed by atoms with Gasteiger partial charge in [-0.15, -0.1) is 0 Å². The highest BCUT2D eigenvalue weighted by molar-refractivity contribution is 6.09. The van der Waals surface area contributed by atoms with Gasteiger partial charge in [0.1, 0.15) is 33.5 Å². The molecule has 0 aliphatic carbocycles. The van der Waals surface area contributed by atoms with Gasteiger partial charge in [-0.1, -0.05) is 18.2 Å². The number of aromatic nitrogens is 3. The summed E-state index contributed by atoms with van der Waals surface area (Å²) in [5, 5.41) is 6.20. The summed E-state index contributed by atoms with van der Waals surface area (Å²) in [5.41, 5.74) is 11.1. The summed E-state index contributed by atoms with van der Waals surface area (Å²) >= 11 is 0. The molecule has 6 nitrogen and oxygen atoms in total. The predicted octanol–water partition coefficient (Wildman–Crippen LogP) is 10.6.